The summed E-state index contributed by atoms with van der Waals surface area (Å²) in [6.07, 6.45) is -8.50. The smallest absolute Gasteiger partial charge is 0.434 e. The predicted molar refractivity (Wildman–Crippen MR) is 116 cm³/mol. The molecule has 0 saturated carbocycles. The average Bonchev–Trinajstić information content (AvgIpc) is 3.24. The summed E-state index contributed by atoms with van der Waals surface area (Å²) in [7, 11) is -4.53. The molecular weight excluding hydrogens is 528 g/mol. The Hall–Kier alpha value is -4.08. The van der Waals surface area contributed by atoms with Crippen molar-refractivity contribution in [2.45, 2.75) is 36.6 Å². The van der Waals surface area contributed by atoms with Crippen molar-refractivity contribution in [1.29, 1.82) is 0 Å². The number of nitrogens with zero attached hydrogens (tertiary/aromatic N) is 3. The van der Waals surface area contributed by atoms with E-state index in [2.05, 4.69) is 5.10 Å². The molecule has 1 aromatic heterocycles. The first-order valence-electron chi connectivity index (χ1n) is 10.4. The van der Waals surface area contributed by atoms with Gasteiger partial charge in [0.05, 0.1) is 17.1 Å². The van der Waals surface area contributed by atoms with Gasteiger partial charge in [-0.1, -0.05) is 0 Å². The molecule has 1 aliphatic rings. The average molecular weight is 545 g/mol. The molecule has 2 heterocycles. The van der Waals surface area contributed by atoms with E-state index < -0.39 is 57.7 Å². The molecule has 2 aromatic carbocycles. The first-order valence-corrected chi connectivity index (χ1v) is 11.8. The minimum Gasteiger partial charge on any atom is -0.530 e. The Morgan fingerprint density at radius 3 is 2.38 bits per heavy atom. The molecule has 1 atom stereocenters. The lowest BCUT2D eigenvalue weighted by atomic mass is 10.0. The SMILES string of the molecule is CC(C)(N(C(=O)[O-])c1ccc2c(c1)N(S(=O)(=O)c1ccc(F)cc1)C[C@H](c1n[nH]c(=O)o1)O2)C(F)(F)F. The van der Waals surface area contributed by atoms with Crippen LogP contribution in [0.15, 0.2) is 56.6 Å². The van der Waals surface area contributed by atoms with Crippen LogP contribution in [-0.4, -0.2) is 43.0 Å². The minimum atomic E-state index is -5.03. The number of ether oxygens (including phenoxy) is 1. The number of carbonyl (C=O) groups excluding carboxylic acids is 1. The molecule has 16 heteroatoms. The molecule has 0 fully saturated rings. The number of aromatic amines is 1. The Labute approximate surface area is 205 Å². The van der Waals surface area contributed by atoms with Crippen molar-refractivity contribution >= 4 is 27.5 Å². The number of carboxylic acid groups (broad SMARTS) is 1. The van der Waals surface area contributed by atoms with E-state index >= 15 is 0 Å². The largest absolute Gasteiger partial charge is 0.530 e. The summed E-state index contributed by atoms with van der Waals surface area (Å²) < 4.78 is 92.8. The van der Waals surface area contributed by atoms with Crippen LogP contribution in [0.3, 0.4) is 0 Å². The topological polar surface area (TPSA) is 149 Å². The highest BCUT2D eigenvalue weighted by atomic mass is 32.2. The number of aromatic nitrogens is 2. The zero-order valence-corrected chi connectivity index (χ0v) is 19.8. The minimum absolute atomic E-state index is 0.0607. The number of anilines is 2. The molecule has 1 aliphatic heterocycles. The molecule has 198 valence electrons. The summed E-state index contributed by atoms with van der Waals surface area (Å²) in [5.74, 6) is -2.21. The Bertz CT molecular complexity index is 1500. The normalized spacial score (nSPS) is 16.2. The lowest BCUT2D eigenvalue weighted by Gasteiger charge is -2.42. The van der Waals surface area contributed by atoms with Crippen molar-refractivity contribution in [2.75, 3.05) is 15.7 Å². The van der Waals surface area contributed by atoms with E-state index in [1.165, 1.54) is 0 Å². The van der Waals surface area contributed by atoms with E-state index in [-0.39, 0.29) is 27.1 Å². The van der Waals surface area contributed by atoms with Gasteiger partial charge < -0.3 is 24.0 Å². The van der Waals surface area contributed by atoms with Gasteiger partial charge in [0, 0.05) is 5.69 Å². The number of fused-ring (bicyclic) bond motifs is 1. The number of halogens is 4. The third kappa shape index (κ3) is 4.59. The van der Waals surface area contributed by atoms with Gasteiger partial charge in [0.2, 0.25) is 0 Å². The zero-order valence-electron chi connectivity index (χ0n) is 18.9. The van der Waals surface area contributed by atoms with E-state index in [1.807, 2.05) is 5.10 Å². The fourth-order valence-corrected chi connectivity index (χ4v) is 5.10. The number of hydrogen-bond donors (Lipinski definition) is 1. The number of nitrogens with one attached hydrogen (secondary N) is 1. The van der Waals surface area contributed by atoms with E-state index in [1.54, 1.807) is 0 Å². The van der Waals surface area contributed by atoms with Crippen molar-refractivity contribution in [3.63, 3.8) is 0 Å². The second-order valence-corrected chi connectivity index (χ2v) is 10.2. The summed E-state index contributed by atoms with van der Waals surface area (Å²) in [4.78, 5) is 22.7. The standard InChI is InChI=1S/C21H18F4N4O7S/c1-20(2,21(23,24)25)29(19(31)32)12-5-8-15-14(9-12)28(10-16(35-15)17-26-27-18(30)36-17)37(33,34)13-6-3-11(22)4-7-13/h3-9,16H,10H2,1-2H3,(H,27,30)(H,31,32)/p-1/t16-/m1/s1. The van der Waals surface area contributed by atoms with E-state index in [4.69, 9.17) is 9.15 Å². The number of benzene rings is 2. The second-order valence-electron chi connectivity index (χ2n) is 8.36. The Kier molecular flexibility index (Phi) is 6.18. The second kappa shape index (κ2) is 8.79. The molecular formula is C21H17F4N4O7S-. The Balaban J connectivity index is 1.89. The summed E-state index contributed by atoms with van der Waals surface area (Å²) in [5.41, 5.74) is -3.86. The third-order valence-corrected chi connectivity index (χ3v) is 7.43. The maximum absolute atomic E-state index is 13.7. The highest BCUT2D eigenvalue weighted by Crippen LogP contribution is 2.45. The number of alkyl halides is 3. The van der Waals surface area contributed by atoms with Gasteiger partial charge in [-0.3, -0.25) is 4.31 Å². The quantitative estimate of drug-likeness (QED) is 0.480. The van der Waals surface area contributed by atoms with E-state index in [0.29, 0.717) is 18.2 Å². The number of sulfonamides is 1. The molecule has 0 unspecified atom stereocenters. The van der Waals surface area contributed by atoms with Crippen LogP contribution in [-0.2, 0) is 10.0 Å². The lowest BCUT2D eigenvalue weighted by molar-refractivity contribution is -0.254. The molecule has 4 rings (SSSR count). The third-order valence-electron chi connectivity index (χ3n) is 5.64. The van der Waals surface area contributed by atoms with Crippen molar-refractivity contribution in [1.82, 2.24) is 10.2 Å². The van der Waals surface area contributed by atoms with Gasteiger partial charge >= 0.3 is 11.9 Å². The number of H-pyrrole nitrogens is 1. The van der Waals surface area contributed by atoms with Crippen LogP contribution in [0.5, 0.6) is 5.75 Å². The maximum Gasteiger partial charge on any atom is 0.434 e. The van der Waals surface area contributed by atoms with Crippen LogP contribution < -0.4 is 24.8 Å². The zero-order chi connectivity index (χ0) is 27.3. The molecule has 0 bridgehead atoms. The Morgan fingerprint density at radius 2 is 1.84 bits per heavy atom. The van der Waals surface area contributed by atoms with Crippen molar-refractivity contribution in [3.05, 3.63) is 64.7 Å². The number of carbonyl (C=O) groups is 1. The van der Waals surface area contributed by atoms with Crippen molar-refractivity contribution < 1.29 is 45.0 Å². The van der Waals surface area contributed by atoms with Gasteiger partial charge in [-0.05, 0) is 56.3 Å². The summed E-state index contributed by atoms with van der Waals surface area (Å²) >= 11 is 0. The Morgan fingerprint density at radius 1 is 1.19 bits per heavy atom. The van der Waals surface area contributed by atoms with Crippen LogP contribution in [0.2, 0.25) is 0 Å². The molecule has 0 radical (unpaired) electrons. The molecule has 0 spiro atoms. The van der Waals surface area contributed by atoms with Crippen LogP contribution in [0, 0.1) is 5.82 Å². The summed E-state index contributed by atoms with van der Waals surface area (Å²) in [6, 6.07) is 6.60. The molecule has 3 aromatic rings. The number of hydrogen-bond acceptors (Lipinski definition) is 8. The van der Waals surface area contributed by atoms with Gasteiger partial charge in [-0.2, -0.15) is 13.2 Å². The first-order chi connectivity index (χ1) is 17.1. The van der Waals surface area contributed by atoms with Gasteiger partial charge in [0.25, 0.3) is 15.9 Å². The first kappa shape index (κ1) is 26.0. The maximum atomic E-state index is 13.7. The van der Waals surface area contributed by atoms with Gasteiger partial charge in [0.1, 0.15) is 23.2 Å². The fourth-order valence-electron chi connectivity index (χ4n) is 3.63. The van der Waals surface area contributed by atoms with E-state index in [0.717, 1.165) is 42.5 Å². The molecule has 37 heavy (non-hydrogen) atoms. The molecule has 0 aliphatic carbocycles. The summed E-state index contributed by atoms with van der Waals surface area (Å²) in [5, 5.41) is 17.4. The van der Waals surface area contributed by atoms with Crippen molar-refractivity contribution in [3.8, 4) is 5.75 Å². The van der Waals surface area contributed by atoms with Crippen LogP contribution >= 0.6 is 0 Å². The fraction of sp³-hybridized carbons (Fsp3) is 0.286. The molecule has 1 N–H and O–H groups in total. The van der Waals surface area contributed by atoms with E-state index in [9.17, 15) is 40.7 Å². The van der Waals surface area contributed by atoms with Gasteiger partial charge in [0.15, 0.2) is 6.10 Å². The number of amides is 1. The monoisotopic (exact) mass is 545 g/mol. The highest BCUT2D eigenvalue weighted by molar-refractivity contribution is 7.92. The van der Waals surface area contributed by atoms with Gasteiger partial charge in [-0.25, -0.2) is 22.7 Å². The van der Waals surface area contributed by atoms with Crippen LogP contribution in [0.4, 0.5) is 33.7 Å². The molecule has 1 amide bonds. The van der Waals surface area contributed by atoms with Crippen molar-refractivity contribution in [2.24, 2.45) is 0 Å². The lowest BCUT2D eigenvalue weighted by Crippen LogP contribution is -2.60. The molecule has 11 nitrogen and oxygen atoms in total. The van der Waals surface area contributed by atoms with Crippen LogP contribution in [0.25, 0.3) is 0 Å². The van der Waals surface area contributed by atoms with Crippen LogP contribution in [0.1, 0.15) is 25.8 Å². The molecule has 0 saturated heterocycles. The predicted octanol–water partition coefficient (Wildman–Crippen LogP) is 2.32. The highest BCUT2D eigenvalue weighted by Gasteiger charge is 2.52. The number of rotatable bonds is 5. The summed E-state index contributed by atoms with van der Waals surface area (Å²) in [6.45, 7) is 0.640. The van der Waals surface area contributed by atoms with Gasteiger partial charge in [-0.15, -0.1) is 5.10 Å².